The van der Waals surface area contributed by atoms with Crippen LogP contribution in [0.5, 0.6) is 23.0 Å². The van der Waals surface area contributed by atoms with Crippen molar-refractivity contribution in [2.75, 3.05) is 20.8 Å². The van der Waals surface area contributed by atoms with Crippen LogP contribution < -0.4 is 9.47 Å². The summed E-state index contributed by atoms with van der Waals surface area (Å²) in [6, 6.07) is 19.1. The van der Waals surface area contributed by atoms with E-state index in [4.69, 9.17) is 19.3 Å². The molecule has 0 saturated heterocycles. The fraction of sp³-hybridized carbons (Fsp3) is 0.133. The maximum absolute atomic E-state index is 12.7. The third-order valence-electron chi connectivity index (χ3n) is 5.68. The highest BCUT2D eigenvalue weighted by atomic mass is 16.5. The number of aromatic hydroxyl groups is 2. The Hall–Kier alpha value is -4.98. The van der Waals surface area contributed by atoms with Crippen molar-refractivity contribution < 1.29 is 29.2 Å². The number of aromatic nitrogens is 2. The topological polar surface area (TPSA) is 103 Å². The molecule has 3 aromatic carbocycles. The predicted octanol–water partition coefficient (Wildman–Crippen LogP) is 5.82. The molecular formula is C30H28N2O6. The van der Waals surface area contributed by atoms with E-state index >= 15 is 0 Å². The third-order valence-corrected chi connectivity index (χ3v) is 5.68. The Kier molecular flexibility index (Phi) is 8.13. The predicted molar refractivity (Wildman–Crippen MR) is 147 cm³/mol. The number of nitrogens with zero attached hydrogens (tertiary/aromatic N) is 2. The lowest BCUT2D eigenvalue weighted by atomic mass is 10.1. The molecule has 0 aliphatic carbocycles. The Morgan fingerprint density at radius 2 is 1.45 bits per heavy atom. The molecule has 38 heavy (non-hydrogen) atoms. The lowest BCUT2D eigenvalue weighted by Crippen LogP contribution is -2.11. The zero-order valence-electron chi connectivity index (χ0n) is 21.3. The number of esters is 1. The standard InChI is InChI=1S/C30H28N2O6/c1-4-38-30(35)24-7-5-6-8-25(24)32-23(14-10-21-12-16-27(34)29(18-21)37-3)19-22(31-32)13-9-20-11-15-26(33)28(17-20)36-2/h5-19,33-34H,4H2,1-3H3/b13-9+,14-10+. The Bertz CT molecular complexity index is 1500. The van der Waals surface area contributed by atoms with E-state index in [1.54, 1.807) is 66.2 Å². The quantitative estimate of drug-likeness (QED) is 0.273. The lowest BCUT2D eigenvalue weighted by molar-refractivity contribution is 0.0526. The fourth-order valence-corrected chi connectivity index (χ4v) is 3.81. The minimum absolute atomic E-state index is 0.0522. The lowest BCUT2D eigenvalue weighted by Gasteiger charge is -2.10. The van der Waals surface area contributed by atoms with E-state index in [1.807, 2.05) is 36.4 Å². The largest absolute Gasteiger partial charge is 0.504 e. The van der Waals surface area contributed by atoms with Crippen molar-refractivity contribution in [1.29, 1.82) is 0 Å². The number of ether oxygens (including phenoxy) is 3. The number of phenols is 2. The van der Waals surface area contributed by atoms with Crippen LogP contribution in [-0.2, 0) is 4.74 Å². The van der Waals surface area contributed by atoms with E-state index in [0.717, 1.165) is 11.1 Å². The summed E-state index contributed by atoms with van der Waals surface area (Å²) in [4.78, 5) is 12.7. The molecule has 8 nitrogen and oxygen atoms in total. The van der Waals surface area contributed by atoms with Crippen LogP contribution in [0.4, 0.5) is 0 Å². The molecule has 0 bridgehead atoms. The van der Waals surface area contributed by atoms with Crippen LogP contribution in [0.15, 0.2) is 66.7 Å². The number of phenolic OH excluding ortho intramolecular Hbond substituents is 2. The van der Waals surface area contributed by atoms with Gasteiger partial charge in [0.15, 0.2) is 23.0 Å². The molecule has 0 aliphatic rings. The number of carbonyl (C=O) groups is 1. The second-order valence-corrected chi connectivity index (χ2v) is 8.17. The minimum atomic E-state index is -0.440. The van der Waals surface area contributed by atoms with E-state index < -0.39 is 5.97 Å². The van der Waals surface area contributed by atoms with Gasteiger partial charge in [-0.05, 0) is 72.7 Å². The maximum Gasteiger partial charge on any atom is 0.340 e. The van der Waals surface area contributed by atoms with Crippen LogP contribution in [0, 0.1) is 0 Å². The highest BCUT2D eigenvalue weighted by Crippen LogP contribution is 2.29. The highest BCUT2D eigenvalue weighted by molar-refractivity contribution is 5.93. The van der Waals surface area contributed by atoms with Gasteiger partial charge in [-0.1, -0.05) is 36.4 Å². The van der Waals surface area contributed by atoms with Gasteiger partial charge in [0.25, 0.3) is 0 Å². The average molecular weight is 513 g/mol. The summed E-state index contributed by atoms with van der Waals surface area (Å²) in [6.07, 6.45) is 7.41. The van der Waals surface area contributed by atoms with Crippen LogP contribution in [0.3, 0.4) is 0 Å². The number of hydrogen-bond donors (Lipinski definition) is 2. The molecule has 1 aromatic heterocycles. The molecule has 0 unspecified atom stereocenters. The van der Waals surface area contributed by atoms with Gasteiger partial charge < -0.3 is 24.4 Å². The molecule has 194 valence electrons. The molecule has 2 N–H and O–H groups in total. The SMILES string of the molecule is CCOC(=O)c1ccccc1-n1nc(/C=C/c2ccc(O)c(OC)c2)cc1/C=C/c1ccc(O)c(OC)c1. The van der Waals surface area contributed by atoms with Gasteiger partial charge in [0.1, 0.15) is 0 Å². The zero-order chi connectivity index (χ0) is 27.1. The van der Waals surface area contributed by atoms with Gasteiger partial charge >= 0.3 is 5.97 Å². The smallest absolute Gasteiger partial charge is 0.340 e. The first-order valence-electron chi connectivity index (χ1n) is 11.9. The summed E-state index contributed by atoms with van der Waals surface area (Å²) in [6.45, 7) is 2.02. The summed E-state index contributed by atoms with van der Waals surface area (Å²) in [5, 5.41) is 24.5. The highest BCUT2D eigenvalue weighted by Gasteiger charge is 2.16. The molecule has 1 heterocycles. The minimum Gasteiger partial charge on any atom is -0.504 e. The summed E-state index contributed by atoms with van der Waals surface area (Å²) in [5.41, 5.74) is 3.92. The van der Waals surface area contributed by atoms with Gasteiger partial charge in [0, 0.05) is 0 Å². The van der Waals surface area contributed by atoms with Gasteiger partial charge in [0.2, 0.25) is 0 Å². The van der Waals surface area contributed by atoms with Crippen LogP contribution in [0.2, 0.25) is 0 Å². The van der Waals surface area contributed by atoms with E-state index in [9.17, 15) is 15.0 Å². The Morgan fingerprint density at radius 3 is 2.05 bits per heavy atom. The molecule has 4 rings (SSSR count). The van der Waals surface area contributed by atoms with Crippen LogP contribution in [0.1, 0.15) is 39.8 Å². The molecule has 0 fully saturated rings. The second-order valence-electron chi connectivity index (χ2n) is 8.17. The van der Waals surface area contributed by atoms with Crippen molar-refractivity contribution in [2.45, 2.75) is 6.92 Å². The van der Waals surface area contributed by atoms with Crippen molar-refractivity contribution in [3.63, 3.8) is 0 Å². The van der Waals surface area contributed by atoms with Gasteiger partial charge in [-0.3, -0.25) is 0 Å². The molecule has 0 saturated carbocycles. The average Bonchev–Trinajstić information content (AvgIpc) is 3.35. The van der Waals surface area contributed by atoms with Gasteiger partial charge in [-0.2, -0.15) is 5.10 Å². The number of benzene rings is 3. The molecule has 0 atom stereocenters. The van der Waals surface area contributed by atoms with Gasteiger partial charge in [0.05, 0.1) is 43.5 Å². The maximum atomic E-state index is 12.7. The molecule has 0 aliphatic heterocycles. The van der Waals surface area contributed by atoms with Crippen molar-refractivity contribution in [1.82, 2.24) is 9.78 Å². The van der Waals surface area contributed by atoms with Crippen molar-refractivity contribution in [2.24, 2.45) is 0 Å². The van der Waals surface area contributed by atoms with Gasteiger partial charge in [-0.15, -0.1) is 0 Å². The van der Waals surface area contributed by atoms with E-state index in [0.29, 0.717) is 34.1 Å². The second kappa shape index (κ2) is 11.8. The molecule has 0 radical (unpaired) electrons. The van der Waals surface area contributed by atoms with E-state index in [-0.39, 0.29) is 18.1 Å². The first-order valence-corrected chi connectivity index (χ1v) is 11.9. The monoisotopic (exact) mass is 512 g/mol. The third kappa shape index (κ3) is 5.87. The summed E-state index contributed by atoms with van der Waals surface area (Å²) < 4.78 is 17.3. The number of para-hydroxylation sites is 1. The molecule has 8 heteroatoms. The van der Waals surface area contributed by atoms with Gasteiger partial charge in [-0.25, -0.2) is 9.48 Å². The number of methoxy groups -OCH3 is 2. The Morgan fingerprint density at radius 1 is 0.842 bits per heavy atom. The van der Waals surface area contributed by atoms with E-state index in [2.05, 4.69) is 0 Å². The molecular weight excluding hydrogens is 484 g/mol. The first kappa shape index (κ1) is 26.1. The first-order chi connectivity index (χ1) is 18.4. The molecule has 4 aromatic rings. The summed E-state index contributed by atoms with van der Waals surface area (Å²) in [7, 11) is 2.99. The summed E-state index contributed by atoms with van der Waals surface area (Å²) in [5.74, 6) is 0.402. The number of carbonyl (C=O) groups excluding carboxylic acids is 1. The Balaban J connectivity index is 1.77. The fourth-order valence-electron chi connectivity index (χ4n) is 3.81. The van der Waals surface area contributed by atoms with Crippen LogP contribution in [0.25, 0.3) is 30.0 Å². The number of rotatable bonds is 9. The van der Waals surface area contributed by atoms with Crippen LogP contribution >= 0.6 is 0 Å². The molecule has 0 spiro atoms. The number of hydrogen-bond acceptors (Lipinski definition) is 7. The van der Waals surface area contributed by atoms with Crippen molar-refractivity contribution >= 4 is 30.3 Å². The van der Waals surface area contributed by atoms with E-state index in [1.165, 1.54) is 14.2 Å². The summed E-state index contributed by atoms with van der Waals surface area (Å²) >= 11 is 0. The normalized spacial score (nSPS) is 11.2. The Labute approximate surface area is 220 Å². The molecule has 0 amide bonds. The van der Waals surface area contributed by atoms with Crippen molar-refractivity contribution in [3.8, 4) is 28.7 Å². The van der Waals surface area contributed by atoms with Crippen molar-refractivity contribution in [3.05, 3.63) is 94.8 Å². The zero-order valence-corrected chi connectivity index (χ0v) is 21.3. The van der Waals surface area contributed by atoms with Crippen LogP contribution in [-0.4, -0.2) is 46.8 Å².